The zero-order valence-corrected chi connectivity index (χ0v) is 11.7. The molecule has 0 saturated carbocycles. The number of carbonyl (C=O) groups is 1. The molecule has 2 heterocycles. The Balaban J connectivity index is 1.72. The Labute approximate surface area is 121 Å². The fourth-order valence-electron chi connectivity index (χ4n) is 2.43. The highest BCUT2D eigenvalue weighted by atomic mass is 35.5. The Morgan fingerprint density at radius 2 is 2.10 bits per heavy atom. The summed E-state index contributed by atoms with van der Waals surface area (Å²) in [5, 5.41) is 6.21. The van der Waals surface area contributed by atoms with Crippen molar-refractivity contribution in [2.24, 2.45) is 5.84 Å². The number of amides is 1. The molecule has 3 N–H and O–H groups in total. The molecule has 1 aromatic heterocycles. The number of fused-ring (bicyclic) bond motifs is 1. The lowest BCUT2D eigenvalue weighted by Crippen LogP contribution is -2.46. The van der Waals surface area contributed by atoms with Gasteiger partial charge in [-0.25, -0.2) is 5.01 Å². The molecule has 1 aliphatic heterocycles. The van der Waals surface area contributed by atoms with Crippen LogP contribution in [0.25, 0.3) is 11.0 Å². The molecule has 5 nitrogen and oxygen atoms in total. The third-order valence-corrected chi connectivity index (χ3v) is 3.80. The van der Waals surface area contributed by atoms with E-state index in [1.54, 1.807) is 29.3 Å². The monoisotopic (exact) mass is 293 g/mol. The van der Waals surface area contributed by atoms with E-state index in [2.05, 4.69) is 5.32 Å². The van der Waals surface area contributed by atoms with Gasteiger partial charge in [0.2, 0.25) is 0 Å². The van der Waals surface area contributed by atoms with Crippen LogP contribution in [0.2, 0.25) is 5.02 Å². The van der Waals surface area contributed by atoms with Crippen LogP contribution in [0.15, 0.2) is 28.7 Å². The molecule has 0 radical (unpaired) electrons. The summed E-state index contributed by atoms with van der Waals surface area (Å²) in [6.45, 7) is 1.58. The van der Waals surface area contributed by atoms with Crippen LogP contribution in [0.4, 0.5) is 0 Å². The third kappa shape index (κ3) is 2.80. The zero-order valence-electron chi connectivity index (χ0n) is 10.9. The number of hydrogen-bond acceptors (Lipinski definition) is 4. The molecule has 1 fully saturated rings. The molecule has 1 aromatic carbocycles. The number of piperidine rings is 1. The predicted molar refractivity (Wildman–Crippen MR) is 77.5 cm³/mol. The maximum absolute atomic E-state index is 12.2. The lowest BCUT2D eigenvalue weighted by molar-refractivity contribution is 0.0885. The summed E-state index contributed by atoms with van der Waals surface area (Å²) >= 11 is 5.92. The van der Waals surface area contributed by atoms with E-state index in [0.29, 0.717) is 16.4 Å². The van der Waals surface area contributed by atoms with Gasteiger partial charge in [0, 0.05) is 29.5 Å². The van der Waals surface area contributed by atoms with E-state index >= 15 is 0 Å². The summed E-state index contributed by atoms with van der Waals surface area (Å²) < 4.78 is 5.54. The number of hydrazine groups is 1. The second-order valence-electron chi connectivity index (χ2n) is 5.08. The fourth-order valence-corrected chi connectivity index (χ4v) is 2.61. The van der Waals surface area contributed by atoms with Gasteiger partial charge in [-0.05, 0) is 37.1 Å². The second-order valence-corrected chi connectivity index (χ2v) is 5.51. The normalized spacial score (nSPS) is 17.5. The summed E-state index contributed by atoms with van der Waals surface area (Å²) in [5.74, 6) is 5.82. The van der Waals surface area contributed by atoms with E-state index in [1.807, 2.05) is 0 Å². The van der Waals surface area contributed by atoms with Crippen molar-refractivity contribution in [1.29, 1.82) is 0 Å². The highest BCUT2D eigenvalue weighted by molar-refractivity contribution is 6.31. The van der Waals surface area contributed by atoms with Gasteiger partial charge in [-0.15, -0.1) is 0 Å². The van der Waals surface area contributed by atoms with Crippen molar-refractivity contribution in [2.45, 2.75) is 18.9 Å². The van der Waals surface area contributed by atoms with Crippen molar-refractivity contribution in [1.82, 2.24) is 10.3 Å². The smallest absolute Gasteiger partial charge is 0.287 e. The van der Waals surface area contributed by atoms with Crippen molar-refractivity contribution in [3.63, 3.8) is 0 Å². The largest absolute Gasteiger partial charge is 0.451 e. The minimum absolute atomic E-state index is 0.152. The minimum atomic E-state index is -0.187. The van der Waals surface area contributed by atoms with E-state index < -0.39 is 0 Å². The standard InChI is InChI=1S/C14H16ClN3O2/c15-10-1-2-12-9(7-10)8-13(20-12)14(19)17-11-3-5-18(16)6-4-11/h1-2,7-8,11H,3-6,16H2,(H,17,19). The molecule has 0 atom stereocenters. The molecule has 1 amide bonds. The van der Waals surface area contributed by atoms with Crippen LogP contribution in [-0.4, -0.2) is 30.0 Å². The molecule has 0 unspecified atom stereocenters. The number of nitrogens with two attached hydrogens (primary N) is 1. The van der Waals surface area contributed by atoms with Crippen molar-refractivity contribution < 1.29 is 9.21 Å². The topological polar surface area (TPSA) is 71.5 Å². The van der Waals surface area contributed by atoms with Gasteiger partial charge in [-0.1, -0.05) is 11.6 Å². The Morgan fingerprint density at radius 3 is 2.85 bits per heavy atom. The summed E-state index contributed by atoms with van der Waals surface area (Å²) in [5.41, 5.74) is 0.663. The number of nitrogens with zero attached hydrogens (tertiary/aromatic N) is 1. The lowest BCUT2D eigenvalue weighted by Gasteiger charge is -2.28. The molecule has 0 aliphatic carbocycles. The number of furan rings is 1. The van der Waals surface area contributed by atoms with Gasteiger partial charge in [0.25, 0.3) is 5.91 Å². The fraction of sp³-hybridized carbons (Fsp3) is 0.357. The summed E-state index contributed by atoms with van der Waals surface area (Å²) in [4.78, 5) is 12.2. The molecule has 0 bridgehead atoms. The van der Waals surface area contributed by atoms with Crippen LogP contribution in [0.5, 0.6) is 0 Å². The van der Waals surface area contributed by atoms with E-state index in [0.717, 1.165) is 31.3 Å². The molecule has 106 valence electrons. The average molecular weight is 294 g/mol. The SMILES string of the molecule is NN1CCC(NC(=O)c2cc3cc(Cl)ccc3o2)CC1. The summed E-state index contributed by atoms with van der Waals surface area (Å²) in [6, 6.07) is 7.16. The van der Waals surface area contributed by atoms with E-state index in [-0.39, 0.29) is 11.9 Å². The van der Waals surface area contributed by atoms with Gasteiger partial charge in [-0.3, -0.25) is 10.6 Å². The Hall–Kier alpha value is -1.56. The molecule has 6 heteroatoms. The molecule has 1 saturated heterocycles. The predicted octanol–water partition coefficient (Wildman–Crippen LogP) is 2.15. The Kier molecular flexibility index (Phi) is 3.65. The van der Waals surface area contributed by atoms with Crippen LogP contribution in [0.3, 0.4) is 0 Å². The molecule has 3 rings (SSSR count). The van der Waals surface area contributed by atoms with Gasteiger partial charge >= 0.3 is 0 Å². The lowest BCUT2D eigenvalue weighted by atomic mass is 10.1. The first-order chi connectivity index (χ1) is 9.61. The second kappa shape index (κ2) is 5.44. The maximum Gasteiger partial charge on any atom is 0.287 e. The van der Waals surface area contributed by atoms with Crippen molar-refractivity contribution in [3.05, 3.63) is 35.0 Å². The molecule has 2 aromatic rings. The van der Waals surface area contributed by atoms with Crippen molar-refractivity contribution in [2.75, 3.05) is 13.1 Å². The van der Waals surface area contributed by atoms with Gasteiger partial charge < -0.3 is 9.73 Å². The maximum atomic E-state index is 12.2. The summed E-state index contributed by atoms with van der Waals surface area (Å²) in [6.07, 6.45) is 1.71. The van der Waals surface area contributed by atoms with Gasteiger partial charge in [0.15, 0.2) is 5.76 Å². The molecule has 20 heavy (non-hydrogen) atoms. The average Bonchev–Trinajstić information content (AvgIpc) is 2.84. The number of hydrogen-bond donors (Lipinski definition) is 2. The van der Waals surface area contributed by atoms with Crippen LogP contribution in [0.1, 0.15) is 23.4 Å². The van der Waals surface area contributed by atoms with Crippen LogP contribution in [-0.2, 0) is 0 Å². The van der Waals surface area contributed by atoms with E-state index in [4.69, 9.17) is 21.9 Å². The molecular weight excluding hydrogens is 278 g/mol. The number of carbonyl (C=O) groups excluding carboxylic acids is 1. The summed E-state index contributed by atoms with van der Waals surface area (Å²) in [7, 11) is 0. The van der Waals surface area contributed by atoms with Gasteiger partial charge in [0.1, 0.15) is 5.58 Å². The first-order valence-corrected chi connectivity index (χ1v) is 6.99. The number of benzene rings is 1. The van der Waals surface area contributed by atoms with Gasteiger partial charge in [-0.2, -0.15) is 0 Å². The quantitative estimate of drug-likeness (QED) is 0.832. The zero-order chi connectivity index (χ0) is 14.1. The molecule has 0 spiro atoms. The number of rotatable bonds is 2. The highest BCUT2D eigenvalue weighted by Gasteiger charge is 2.21. The first-order valence-electron chi connectivity index (χ1n) is 6.61. The van der Waals surface area contributed by atoms with E-state index in [1.165, 1.54) is 0 Å². The number of nitrogens with one attached hydrogen (secondary N) is 1. The number of halogens is 1. The molecule has 1 aliphatic rings. The third-order valence-electron chi connectivity index (χ3n) is 3.57. The first kappa shape index (κ1) is 13.4. The Bertz CT molecular complexity index is 632. The van der Waals surface area contributed by atoms with Crippen LogP contribution < -0.4 is 11.2 Å². The van der Waals surface area contributed by atoms with Crippen molar-refractivity contribution >= 4 is 28.5 Å². The van der Waals surface area contributed by atoms with Crippen LogP contribution in [0, 0.1) is 0 Å². The van der Waals surface area contributed by atoms with Crippen LogP contribution >= 0.6 is 11.6 Å². The Morgan fingerprint density at radius 1 is 1.35 bits per heavy atom. The van der Waals surface area contributed by atoms with E-state index in [9.17, 15) is 4.79 Å². The molecular formula is C14H16ClN3O2. The minimum Gasteiger partial charge on any atom is -0.451 e. The highest BCUT2D eigenvalue weighted by Crippen LogP contribution is 2.23. The van der Waals surface area contributed by atoms with Gasteiger partial charge in [0.05, 0.1) is 0 Å². The van der Waals surface area contributed by atoms with Crippen molar-refractivity contribution in [3.8, 4) is 0 Å².